The molecule has 0 aliphatic rings. The molecule has 0 aliphatic carbocycles. The number of methoxy groups -OCH3 is 2. The Balaban J connectivity index is 1.46. The predicted octanol–water partition coefficient (Wildman–Crippen LogP) is 2.40. The molecule has 0 aliphatic heterocycles. The summed E-state index contributed by atoms with van der Waals surface area (Å²) in [5.74, 6) is 0.558. The Labute approximate surface area is 190 Å². The lowest BCUT2D eigenvalue weighted by atomic mass is 10.1. The highest BCUT2D eigenvalue weighted by Gasteiger charge is 2.16. The Bertz CT molecular complexity index is 1360. The summed E-state index contributed by atoms with van der Waals surface area (Å²) in [5, 5.41) is 7.58. The first-order valence-electron chi connectivity index (χ1n) is 10.5. The highest BCUT2D eigenvalue weighted by atomic mass is 16.5. The second-order valence-corrected chi connectivity index (χ2v) is 7.57. The number of amides is 1. The molecule has 4 rings (SSSR count). The normalized spacial score (nSPS) is 10.9. The minimum absolute atomic E-state index is 0.155. The van der Waals surface area contributed by atoms with Gasteiger partial charge in [0.25, 0.3) is 11.5 Å². The zero-order valence-electron chi connectivity index (χ0n) is 18.7. The standard InChI is InChI=1S/C24H25N5O4/c1-16-6-4-7-17(12-16)14-28-15-26-22-19(24(28)31)13-27-29(22)11-10-25-23(30)18-8-5-9-20(32-2)21(18)33-3/h4-9,12-13,15H,10-11,14H2,1-3H3,(H,25,30). The van der Waals surface area contributed by atoms with Crippen molar-refractivity contribution in [1.29, 1.82) is 0 Å². The summed E-state index contributed by atoms with van der Waals surface area (Å²) >= 11 is 0. The highest BCUT2D eigenvalue weighted by molar-refractivity contribution is 5.97. The van der Waals surface area contributed by atoms with Crippen molar-refractivity contribution >= 4 is 16.9 Å². The molecule has 0 atom stereocenters. The molecule has 0 saturated carbocycles. The van der Waals surface area contributed by atoms with Gasteiger partial charge in [-0.25, -0.2) is 9.67 Å². The van der Waals surface area contributed by atoms with Crippen LogP contribution in [0.25, 0.3) is 11.0 Å². The van der Waals surface area contributed by atoms with Crippen LogP contribution >= 0.6 is 0 Å². The molecule has 1 N–H and O–H groups in total. The molecule has 9 nitrogen and oxygen atoms in total. The second kappa shape index (κ2) is 9.56. The van der Waals surface area contributed by atoms with Gasteiger partial charge in [0.1, 0.15) is 11.7 Å². The summed E-state index contributed by atoms with van der Waals surface area (Å²) in [6, 6.07) is 13.1. The van der Waals surface area contributed by atoms with Crippen LogP contribution < -0.4 is 20.3 Å². The zero-order chi connectivity index (χ0) is 23.4. The topological polar surface area (TPSA) is 100 Å². The number of ether oxygens (including phenoxy) is 2. The van der Waals surface area contributed by atoms with Gasteiger partial charge >= 0.3 is 0 Å². The predicted molar refractivity (Wildman–Crippen MR) is 124 cm³/mol. The van der Waals surface area contributed by atoms with Gasteiger partial charge < -0.3 is 14.8 Å². The van der Waals surface area contributed by atoms with Crippen molar-refractivity contribution in [3.63, 3.8) is 0 Å². The molecule has 0 fully saturated rings. The van der Waals surface area contributed by atoms with E-state index in [1.165, 1.54) is 26.7 Å². The summed E-state index contributed by atoms with van der Waals surface area (Å²) in [6.07, 6.45) is 3.05. The Hall–Kier alpha value is -4.14. The number of aromatic nitrogens is 4. The molecule has 0 spiro atoms. The molecule has 0 radical (unpaired) electrons. The molecule has 2 aromatic carbocycles. The molecule has 9 heteroatoms. The fraction of sp³-hybridized carbons (Fsp3) is 0.250. The maximum atomic E-state index is 12.9. The first-order chi connectivity index (χ1) is 16.0. The van der Waals surface area contributed by atoms with E-state index in [2.05, 4.69) is 15.4 Å². The van der Waals surface area contributed by atoms with Crippen molar-refractivity contribution in [1.82, 2.24) is 24.6 Å². The van der Waals surface area contributed by atoms with Gasteiger partial charge in [-0.1, -0.05) is 35.9 Å². The van der Waals surface area contributed by atoms with Crippen LogP contribution in [0, 0.1) is 6.92 Å². The molecule has 1 amide bonds. The number of nitrogens with one attached hydrogen (secondary N) is 1. The van der Waals surface area contributed by atoms with Crippen LogP contribution in [-0.2, 0) is 13.1 Å². The minimum atomic E-state index is -0.296. The van der Waals surface area contributed by atoms with E-state index in [0.29, 0.717) is 47.7 Å². The van der Waals surface area contributed by atoms with Crippen LogP contribution in [0.15, 0.2) is 59.8 Å². The van der Waals surface area contributed by atoms with E-state index in [-0.39, 0.29) is 11.5 Å². The minimum Gasteiger partial charge on any atom is -0.493 e. The lowest BCUT2D eigenvalue weighted by Gasteiger charge is -2.12. The monoisotopic (exact) mass is 447 g/mol. The zero-order valence-corrected chi connectivity index (χ0v) is 18.7. The third kappa shape index (κ3) is 4.57. The van der Waals surface area contributed by atoms with Gasteiger partial charge in [0.05, 0.1) is 39.1 Å². The van der Waals surface area contributed by atoms with Gasteiger partial charge in [0.2, 0.25) is 0 Å². The maximum absolute atomic E-state index is 12.9. The van der Waals surface area contributed by atoms with Crippen LogP contribution in [0.1, 0.15) is 21.5 Å². The number of fused-ring (bicyclic) bond motifs is 1. The third-order valence-corrected chi connectivity index (χ3v) is 5.31. The summed E-state index contributed by atoms with van der Waals surface area (Å²) in [7, 11) is 3.01. The van der Waals surface area contributed by atoms with Gasteiger partial charge in [0.15, 0.2) is 17.1 Å². The Kier molecular flexibility index (Phi) is 6.39. The number of hydrogen-bond acceptors (Lipinski definition) is 6. The fourth-order valence-corrected chi connectivity index (χ4v) is 3.72. The highest BCUT2D eigenvalue weighted by Crippen LogP contribution is 2.30. The number of carbonyl (C=O) groups is 1. The largest absolute Gasteiger partial charge is 0.493 e. The molecule has 0 unspecified atom stereocenters. The molecule has 33 heavy (non-hydrogen) atoms. The van der Waals surface area contributed by atoms with Gasteiger partial charge in [0, 0.05) is 6.54 Å². The van der Waals surface area contributed by atoms with Gasteiger partial charge in [-0.2, -0.15) is 5.10 Å². The van der Waals surface area contributed by atoms with Crippen molar-refractivity contribution in [2.45, 2.75) is 20.0 Å². The van der Waals surface area contributed by atoms with Crippen molar-refractivity contribution in [3.8, 4) is 11.5 Å². The average molecular weight is 447 g/mol. The quantitative estimate of drug-likeness (QED) is 0.445. The number of nitrogens with zero attached hydrogens (tertiary/aromatic N) is 4. The first kappa shape index (κ1) is 22.1. The van der Waals surface area contributed by atoms with Crippen LogP contribution in [0.5, 0.6) is 11.5 Å². The summed E-state index contributed by atoms with van der Waals surface area (Å²) in [4.78, 5) is 30.0. The lowest BCUT2D eigenvalue weighted by Crippen LogP contribution is -2.28. The lowest BCUT2D eigenvalue weighted by molar-refractivity contribution is 0.0948. The van der Waals surface area contributed by atoms with Crippen LogP contribution in [0.3, 0.4) is 0 Å². The number of hydrogen-bond donors (Lipinski definition) is 1. The van der Waals surface area contributed by atoms with E-state index in [9.17, 15) is 9.59 Å². The number of benzene rings is 2. The summed E-state index contributed by atoms with van der Waals surface area (Å²) in [6.45, 7) is 3.11. The van der Waals surface area contributed by atoms with Gasteiger partial charge in [-0.3, -0.25) is 14.2 Å². The van der Waals surface area contributed by atoms with E-state index in [0.717, 1.165) is 11.1 Å². The van der Waals surface area contributed by atoms with Crippen molar-refractivity contribution in [2.24, 2.45) is 0 Å². The number of aryl methyl sites for hydroxylation is 1. The third-order valence-electron chi connectivity index (χ3n) is 5.31. The second-order valence-electron chi connectivity index (χ2n) is 7.57. The number of carbonyl (C=O) groups excluding carboxylic acids is 1. The SMILES string of the molecule is COc1cccc(C(=O)NCCn2ncc3c(=O)n(Cc4cccc(C)c4)cnc32)c1OC. The van der Waals surface area contributed by atoms with E-state index in [1.807, 2.05) is 31.2 Å². The van der Waals surface area contributed by atoms with E-state index in [1.54, 1.807) is 27.4 Å². The fourth-order valence-electron chi connectivity index (χ4n) is 3.72. The number of rotatable bonds is 8. The maximum Gasteiger partial charge on any atom is 0.264 e. The van der Waals surface area contributed by atoms with Crippen LogP contribution in [0.2, 0.25) is 0 Å². The van der Waals surface area contributed by atoms with Gasteiger partial charge in [-0.05, 0) is 24.6 Å². The summed E-state index contributed by atoms with van der Waals surface area (Å²) in [5.41, 5.74) is 2.86. The van der Waals surface area contributed by atoms with Crippen molar-refractivity contribution in [2.75, 3.05) is 20.8 Å². The van der Waals surface area contributed by atoms with E-state index >= 15 is 0 Å². The van der Waals surface area contributed by atoms with Crippen molar-refractivity contribution < 1.29 is 14.3 Å². The van der Waals surface area contributed by atoms with E-state index < -0.39 is 0 Å². The average Bonchev–Trinajstić information content (AvgIpc) is 3.24. The molecular formula is C24H25N5O4. The molecule has 2 aromatic heterocycles. The number of para-hydroxylation sites is 1. The van der Waals surface area contributed by atoms with Crippen LogP contribution in [-0.4, -0.2) is 46.0 Å². The molecule has 170 valence electrons. The molecular weight excluding hydrogens is 422 g/mol. The molecule has 2 heterocycles. The smallest absolute Gasteiger partial charge is 0.264 e. The molecule has 0 saturated heterocycles. The summed E-state index contributed by atoms with van der Waals surface area (Å²) < 4.78 is 13.7. The Morgan fingerprint density at radius 2 is 1.94 bits per heavy atom. The van der Waals surface area contributed by atoms with E-state index in [4.69, 9.17) is 9.47 Å². The van der Waals surface area contributed by atoms with Crippen LogP contribution in [0.4, 0.5) is 0 Å². The Morgan fingerprint density at radius 1 is 1.12 bits per heavy atom. The van der Waals surface area contributed by atoms with Crippen molar-refractivity contribution in [3.05, 3.63) is 82.0 Å². The first-order valence-corrected chi connectivity index (χ1v) is 10.5. The Morgan fingerprint density at radius 3 is 2.70 bits per heavy atom. The molecule has 4 aromatic rings. The van der Waals surface area contributed by atoms with Gasteiger partial charge in [-0.15, -0.1) is 0 Å². The molecule has 0 bridgehead atoms.